The summed E-state index contributed by atoms with van der Waals surface area (Å²) in [6.45, 7) is 0.853. The van der Waals surface area contributed by atoms with Crippen molar-refractivity contribution in [2.75, 3.05) is 6.61 Å². The van der Waals surface area contributed by atoms with Gasteiger partial charge < -0.3 is 20.5 Å². The summed E-state index contributed by atoms with van der Waals surface area (Å²) >= 11 is 0. The fraction of sp³-hybridized carbons (Fsp3) is 0.750. The lowest BCUT2D eigenvalue weighted by Gasteiger charge is -2.10. The second-order valence-corrected chi connectivity index (χ2v) is 1.92. The molecule has 0 aromatic carbocycles. The number of rotatable bonds is 4. The van der Waals surface area contributed by atoms with Crippen molar-refractivity contribution in [2.24, 2.45) is 0 Å². The zero-order valence-corrected chi connectivity index (χ0v) is 5.61. The molecule has 0 rings (SSSR count). The molecule has 0 aromatic heterocycles. The van der Waals surface area contributed by atoms with Crippen LogP contribution in [0, 0.1) is 0 Å². The molecule has 0 aromatic rings. The lowest BCUT2D eigenvalue weighted by molar-refractivity contribution is -0.140. The van der Waals surface area contributed by atoms with E-state index in [1.807, 2.05) is 0 Å². The van der Waals surface area contributed by atoms with Crippen molar-refractivity contribution >= 4 is 13.0 Å². The van der Waals surface area contributed by atoms with E-state index in [0.717, 1.165) is 0 Å². The van der Waals surface area contributed by atoms with Gasteiger partial charge in [-0.05, 0) is 6.82 Å². The zero-order valence-electron chi connectivity index (χ0n) is 5.61. The van der Waals surface area contributed by atoms with Crippen LogP contribution in [0.1, 0.15) is 0 Å². The molecule has 5 nitrogen and oxygen atoms in total. The lowest BCUT2D eigenvalue weighted by atomic mass is 9.87. The molecule has 0 radical (unpaired) electrons. The van der Waals surface area contributed by atoms with E-state index in [4.69, 9.17) is 15.2 Å². The highest BCUT2D eigenvalue weighted by Crippen LogP contribution is 1.81. The quantitative estimate of drug-likeness (QED) is 0.350. The van der Waals surface area contributed by atoms with Crippen molar-refractivity contribution in [3.8, 4) is 0 Å². The third-order valence-electron chi connectivity index (χ3n) is 0.923. The summed E-state index contributed by atoms with van der Waals surface area (Å²) in [4.78, 5) is 10.1. The molecular formula is C4H10BNO4. The maximum absolute atomic E-state index is 10.1. The van der Waals surface area contributed by atoms with Gasteiger partial charge in [-0.25, -0.2) is 0 Å². The fourth-order valence-electron chi connectivity index (χ4n) is 0.493. The Kier molecular flexibility index (Phi) is 4.02. The second-order valence-electron chi connectivity index (χ2n) is 1.92. The molecule has 10 heavy (non-hydrogen) atoms. The van der Waals surface area contributed by atoms with Crippen molar-refractivity contribution in [3.63, 3.8) is 0 Å². The van der Waals surface area contributed by atoms with E-state index in [1.165, 1.54) is 6.82 Å². The lowest BCUT2D eigenvalue weighted by Crippen LogP contribution is -2.46. The van der Waals surface area contributed by atoms with Crippen molar-refractivity contribution in [3.05, 3.63) is 0 Å². The highest BCUT2D eigenvalue weighted by Gasteiger charge is 2.18. The summed E-state index contributed by atoms with van der Waals surface area (Å²) in [7, 11) is -0.923. The average Bonchev–Trinajstić information content (AvgIpc) is 1.81. The topological polar surface area (TPSA) is 89.8 Å². The average molecular weight is 147 g/mol. The van der Waals surface area contributed by atoms with Crippen molar-refractivity contribution in [2.45, 2.75) is 12.9 Å². The van der Waals surface area contributed by atoms with Crippen LogP contribution >= 0.6 is 0 Å². The van der Waals surface area contributed by atoms with Crippen LogP contribution in [0.3, 0.4) is 0 Å². The van der Waals surface area contributed by atoms with Gasteiger partial charge in [0.25, 0.3) is 0 Å². The van der Waals surface area contributed by atoms with Gasteiger partial charge >= 0.3 is 13.0 Å². The minimum atomic E-state index is -1.18. The summed E-state index contributed by atoms with van der Waals surface area (Å²) in [5.41, 5.74) is 0. The van der Waals surface area contributed by atoms with Gasteiger partial charge in [-0.3, -0.25) is 4.79 Å². The number of aliphatic hydroxyl groups is 1. The highest BCUT2D eigenvalue weighted by atomic mass is 16.4. The Morgan fingerprint density at radius 1 is 1.80 bits per heavy atom. The maximum Gasteiger partial charge on any atom is 0.374 e. The molecule has 0 spiro atoms. The number of carboxylic acids is 1. The van der Waals surface area contributed by atoms with Crippen LogP contribution in [0.2, 0.25) is 6.82 Å². The largest absolute Gasteiger partial charge is 0.480 e. The third kappa shape index (κ3) is 3.44. The van der Waals surface area contributed by atoms with Gasteiger partial charge in [0, 0.05) is 0 Å². The first-order valence-corrected chi connectivity index (χ1v) is 2.85. The smallest absolute Gasteiger partial charge is 0.374 e. The number of aliphatic hydroxyl groups excluding tert-OH is 1. The number of nitrogens with one attached hydrogen (secondary N) is 1. The molecule has 0 aliphatic heterocycles. The van der Waals surface area contributed by atoms with Gasteiger partial charge in [-0.1, -0.05) is 0 Å². The van der Waals surface area contributed by atoms with Crippen molar-refractivity contribution < 1.29 is 20.0 Å². The summed E-state index contributed by atoms with van der Waals surface area (Å²) < 4.78 is 0. The van der Waals surface area contributed by atoms with E-state index in [-0.39, 0.29) is 0 Å². The van der Waals surface area contributed by atoms with Gasteiger partial charge in [0.15, 0.2) is 0 Å². The first-order valence-electron chi connectivity index (χ1n) is 2.85. The zero-order chi connectivity index (χ0) is 8.15. The van der Waals surface area contributed by atoms with E-state index in [0.29, 0.717) is 0 Å². The van der Waals surface area contributed by atoms with Gasteiger partial charge in [0.05, 0.1) is 6.61 Å². The van der Waals surface area contributed by atoms with Crippen molar-refractivity contribution in [1.82, 2.24) is 5.23 Å². The molecule has 1 atom stereocenters. The van der Waals surface area contributed by atoms with Gasteiger partial charge in [0.2, 0.25) is 0 Å². The minimum absolute atomic E-state index is 0.528. The van der Waals surface area contributed by atoms with Gasteiger partial charge in [-0.2, -0.15) is 0 Å². The molecule has 0 saturated carbocycles. The third-order valence-corrected chi connectivity index (χ3v) is 0.923. The molecule has 0 aliphatic rings. The SMILES string of the molecule is CB(O)NC(CO)C(=O)O. The van der Waals surface area contributed by atoms with Crippen LogP contribution in [0.25, 0.3) is 0 Å². The normalized spacial score (nSPS) is 12.7. The first-order chi connectivity index (χ1) is 4.57. The molecule has 0 bridgehead atoms. The number of hydrogen-bond acceptors (Lipinski definition) is 4. The molecule has 0 fully saturated rings. The number of carbonyl (C=O) groups is 1. The Labute approximate surface area is 58.8 Å². The fourth-order valence-corrected chi connectivity index (χ4v) is 0.493. The maximum atomic E-state index is 10.1. The summed E-state index contributed by atoms with van der Waals surface area (Å²) in [5, 5.41) is 27.5. The molecule has 1 unspecified atom stereocenters. The molecule has 0 heterocycles. The summed E-state index contributed by atoms with van der Waals surface area (Å²) in [6, 6.07) is -1.08. The first kappa shape index (κ1) is 9.41. The molecule has 0 aliphatic carbocycles. The van der Waals surface area contributed by atoms with Crippen LogP contribution in [0.15, 0.2) is 0 Å². The molecule has 6 heteroatoms. The monoisotopic (exact) mass is 147 g/mol. The van der Waals surface area contributed by atoms with E-state index < -0.39 is 25.7 Å². The molecule has 0 saturated heterocycles. The highest BCUT2D eigenvalue weighted by molar-refractivity contribution is 6.46. The Morgan fingerprint density at radius 3 is 2.40 bits per heavy atom. The Bertz CT molecular complexity index is 118. The number of hydrogen-bond donors (Lipinski definition) is 4. The molecule has 4 N–H and O–H groups in total. The van der Waals surface area contributed by atoms with E-state index >= 15 is 0 Å². The standard InChI is InChI=1S/C4H10BNO4/c1-5(10)6-3(2-7)4(8)9/h3,6-7,10H,2H2,1H3,(H,8,9). The van der Waals surface area contributed by atoms with E-state index in [9.17, 15) is 4.79 Å². The molecule has 0 amide bonds. The number of carboxylic acid groups (broad SMARTS) is 1. The predicted octanol–water partition coefficient (Wildman–Crippen LogP) is -1.87. The Hall–Kier alpha value is -0.585. The van der Waals surface area contributed by atoms with Crippen molar-refractivity contribution in [1.29, 1.82) is 0 Å². The van der Waals surface area contributed by atoms with Crippen LogP contribution in [-0.4, -0.2) is 40.9 Å². The van der Waals surface area contributed by atoms with Crippen LogP contribution in [0.4, 0.5) is 0 Å². The predicted molar refractivity (Wildman–Crippen MR) is 35.5 cm³/mol. The summed E-state index contributed by atoms with van der Waals surface area (Å²) in [6.07, 6.45) is 0. The molecule has 58 valence electrons. The summed E-state index contributed by atoms with van der Waals surface area (Å²) in [5.74, 6) is -1.18. The van der Waals surface area contributed by atoms with E-state index in [2.05, 4.69) is 5.23 Å². The number of aliphatic carboxylic acids is 1. The van der Waals surface area contributed by atoms with Gasteiger partial charge in [-0.15, -0.1) is 0 Å². The van der Waals surface area contributed by atoms with Crippen LogP contribution < -0.4 is 5.23 Å². The van der Waals surface area contributed by atoms with Gasteiger partial charge in [0.1, 0.15) is 6.04 Å². The van der Waals surface area contributed by atoms with Crippen LogP contribution in [-0.2, 0) is 4.79 Å². The molecular weight excluding hydrogens is 137 g/mol. The van der Waals surface area contributed by atoms with E-state index in [1.54, 1.807) is 0 Å². The Morgan fingerprint density at radius 2 is 2.30 bits per heavy atom. The van der Waals surface area contributed by atoms with Crippen LogP contribution in [0.5, 0.6) is 0 Å². The second kappa shape index (κ2) is 4.27. The Balaban J connectivity index is 3.72. The minimum Gasteiger partial charge on any atom is -0.480 e.